The number of aliphatic hydroxyl groups is 4. The maximum atomic E-state index is 12.0. The van der Waals surface area contributed by atoms with E-state index in [2.05, 4.69) is 5.32 Å². The normalized spacial score (nSPS) is 32.7. The Labute approximate surface area is 120 Å². The highest BCUT2D eigenvalue weighted by Crippen LogP contribution is 2.22. The molecule has 21 heavy (non-hydrogen) atoms. The second-order valence-corrected chi connectivity index (χ2v) is 4.79. The van der Waals surface area contributed by atoms with E-state index in [-0.39, 0.29) is 5.75 Å². The van der Waals surface area contributed by atoms with E-state index in [1.54, 1.807) is 0 Å². The smallest absolute Gasteiger partial charge is 0.256 e. The number of anilines is 1. The van der Waals surface area contributed by atoms with E-state index >= 15 is 0 Å². The third-order valence-electron chi connectivity index (χ3n) is 3.29. The number of phenols is 1. The Balaban J connectivity index is 2.08. The van der Waals surface area contributed by atoms with Gasteiger partial charge in [0.2, 0.25) is 0 Å². The van der Waals surface area contributed by atoms with Gasteiger partial charge in [0, 0.05) is 5.69 Å². The fourth-order valence-corrected chi connectivity index (χ4v) is 2.08. The summed E-state index contributed by atoms with van der Waals surface area (Å²) < 4.78 is 5.12. The summed E-state index contributed by atoms with van der Waals surface area (Å²) in [5.41, 5.74) is 0.356. The molecule has 1 aliphatic rings. The van der Waals surface area contributed by atoms with Crippen LogP contribution < -0.4 is 5.32 Å². The van der Waals surface area contributed by atoms with Crippen molar-refractivity contribution in [3.05, 3.63) is 24.3 Å². The van der Waals surface area contributed by atoms with E-state index in [1.165, 1.54) is 24.3 Å². The van der Waals surface area contributed by atoms with E-state index in [1.807, 2.05) is 0 Å². The third kappa shape index (κ3) is 3.31. The van der Waals surface area contributed by atoms with Gasteiger partial charge in [-0.1, -0.05) is 0 Å². The van der Waals surface area contributed by atoms with Crippen LogP contribution in [0, 0.1) is 0 Å². The summed E-state index contributed by atoms with van der Waals surface area (Å²) in [5, 5.41) is 49.7. The number of hydrogen-bond donors (Lipinski definition) is 6. The summed E-state index contributed by atoms with van der Waals surface area (Å²) in [6.45, 7) is -0.603. The molecular weight excluding hydrogens is 282 g/mol. The molecule has 1 aromatic carbocycles. The van der Waals surface area contributed by atoms with Gasteiger partial charge >= 0.3 is 0 Å². The van der Waals surface area contributed by atoms with Crippen molar-refractivity contribution in [2.45, 2.75) is 30.5 Å². The van der Waals surface area contributed by atoms with Crippen LogP contribution in [-0.2, 0) is 9.53 Å². The van der Waals surface area contributed by atoms with Gasteiger partial charge in [0.15, 0.2) is 6.10 Å². The summed E-state index contributed by atoms with van der Waals surface area (Å²) in [4.78, 5) is 12.0. The lowest BCUT2D eigenvalue weighted by atomic mass is 9.94. The highest BCUT2D eigenvalue weighted by Gasteiger charge is 2.46. The first kappa shape index (κ1) is 15.7. The molecular formula is C13H17NO7. The van der Waals surface area contributed by atoms with E-state index in [4.69, 9.17) is 14.9 Å². The number of rotatable bonds is 3. The Kier molecular flexibility index (Phi) is 4.76. The van der Waals surface area contributed by atoms with Crippen LogP contribution in [0.2, 0.25) is 0 Å². The number of nitrogens with one attached hydrogen (secondary N) is 1. The lowest BCUT2D eigenvalue weighted by Crippen LogP contribution is -2.61. The molecule has 0 spiro atoms. The highest BCUT2D eigenvalue weighted by molar-refractivity contribution is 5.94. The third-order valence-corrected chi connectivity index (χ3v) is 3.29. The molecule has 0 unspecified atom stereocenters. The van der Waals surface area contributed by atoms with Crippen molar-refractivity contribution in [1.82, 2.24) is 0 Å². The van der Waals surface area contributed by atoms with Crippen molar-refractivity contribution >= 4 is 11.6 Å². The van der Waals surface area contributed by atoms with Gasteiger partial charge in [-0.05, 0) is 24.3 Å². The van der Waals surface area contributed by atoms with Crippen LogP contribution in [0.3, 0.4) is 0 Å². The van der Waals surface area contributed by atoms with Crippen molar-refractivity contribution in [2.24, 2.45) is 0 Å². The van der Waals surface area contributed by atoms with Crippen LogP contribution in [0.25, 0.3) is 0 Å². The Hall–Kier alpha value is -1.71. The number of aromatic hydroxyl groups is 1. The number of phenolic OH excluding ortho intramolecular Hbond substituents is 1. The summed E-state index contributed by atoms with van der Waals surface area (Å²) >= 11 is 0. The molecule has 2 rings (SSSR count). The average Bonchev–Trinajstić information content (AvgIpc) is 2.47. The van der Waals surface area contributed by atoms with E-state index < -0.39 is 43.0 Å². The first-order valence-electron chi connectivity index (χ1n) is 6.34. The van der Waals surface area contributed by atoms with Gasteiger partial charge in [0.25, 0.3) is 5.91 Å². The van der Waals surface area contributed by atoms with Crippen LogP contribution in [-0.4, -0.2) is 68.6 Å². The molecule has 6 N–H and O–H groups in total. The van der Waals surface area contributed by atoms with Gasteiger partial charge < -0.3 is 35.6 Å². The van der Waals surface area contributed by atoms with Crippen molar-refractivity contribution in [1.29, 1.82) is 0 Å². The fraction of sp³-hybridized carbons (Fsp3) is 0.462. The minimum atomic E-state index is -1.63. The molecule has 1 heterocycles. The van der Waals surface area contributed by atoms with Crippen LogP contribution in [0.5, 0.6) is 5.75 Å². The van der Waals surface area contributed by atoms with E-state index in [9.17, 15) is 20.1 Å². The van der Waals surface area contributed by atoms with Gasteiger partial charge in [-0.3, -0.25) is 4.79 Å². The second kappa shape index (κ2) is 6.37. The molecule has 0 aliphatic carbocycles. The van der Waals surface area contributed by atoms with Crippen LogP contribution >= 0.6 is 0 Å². The lowest BCUT2D eigenvalue weighted by molar-refractivity contribution is -0.224. The van der Waals surface area contributed by atoms with Crippen LogP contribution in [0.4, 0.5) is 5.69 Å². The Morgan fingerprint density at radius 3 is 2.29 bits per heavy atom. The molecule has 1 saturated heterocycles. The fourth-order valence-electron chi connectivity index (χ4n) is 2.08. The van der Waals surface area contributed by atoms with E-state index in [0.29, 0.717) is 5.69 Å². The van der Waals surface area contributed by atoms with E-state index in [0.717, 1.165) is 0 Å². The van der Waals surface area contributed by atoms with Gasteiger partial charge in [-0.15, -0.1) is 0 Å². The minimum absolute atomic E-state index is 0.0286. The van der Waals surface area contributed by atoms with Gasteiger partial charge in [0.05, 0.1) is 6.61 Å². The molecule has 1 aliphatic heterocycles. The summed E-state index contributed by atoms with van der Waals surface area (Å²) in [7, 11) is 0. The standard InChI is InChI=1S/C13H17NO7/c15-5-8-9(17)10(18)11(19)12(21-8)13(20)14-6-1-3-7(16)4-2-6/h1-4,8-12,15-19H,5H2,(H,14,20)/t8-,9-,10+,11-,12+/m1/s1. The van der Waals surface area contributed by atoms with Gasteiger partial charge in [0.1, 0.15) is 30.2 Å². The quantitative estimate of drug-likeness (QED) is 0.361. The minimum Gasteiger partial charge on any atom is -0.508 e. The van der Waals surface area contributed by atoms with Crippen LogP contribution in [0.15, 0.2) is 24.3 Å². The Morgan fingerprint density at radius 1 is 1.10 bits per heavy atom. The zero-order valence-corrected chi connectivity index (χ0v) is 11.0. The van der Waals surface area contributed by atoms with Crippen molar-refractivity contribution in [3.63, 3.8) is 0 Å². The van der Waals surface area contributed by atoms with Gasteiger partial charge in [-0.25, -0.2) is 0 Å². The Morgan fingerprint density at radius 2 is 1.71 bits per heavy atom. The molecule has 1 fully saturated rings. The topological polar surface area (TPSA) is 139 Å². The summed E-state index contributed by atoms with van der Waals surface area (Å²) in [6, 6.07) is 5.61. The number of benzene rings is 1. The molecule has 0 saturated carbocycles. The molecule has 1 amide bonds. The number of carbonyl (C=O) groups excluding carboxylic acids is 1. The summed E-state index contributed by atoms with van der Waals surface area (Å²) in [5.74, 6) is -0.710. The monoisotopic (exact) mass is 299 g/mol. The number of amides is 1. The molecule has 0 bridgehead atoms. The van der Waals surface area contributed by atoms with Crippen molar-refractivity contribution in [2.75, 3.05) is 11.9 Å². The molecule has 0 radical (unpaired) electrons. The average molecular weight is 299 g/mol. The molecule has 8 heteroatoms. The Bertz CT molecular complexity index is 490. The maximum absolute atomic E-state index is 12.0. The predicted molar refractivity (Wildman–Crippen MR) is 70.5 cm³/mol. The lowest BCUT2D eigenvalue weighted by Gasteiger charge is -2.39. The maximum Gasteiger partial charge on any atom is 0.256 e. The molecule has 0 aromatic heterocycles. The summed E-state index contributed by atoms with van der Waals surface area (Å²) in [6.07, 6.45) is -7.32. The van der Waals surface area contributed by atoms with Crippen molar-refractivity contribution < 1.29 is 35.1 Å². The first-order chi connectivity index (χ1) is 9.93. The van der Waals surface area contributed by atoms with Crippen molar-refractivity contribution in [3.8, 4) is 5.75 Å². The molecule has 116 valence electrons. The number of carbonyl (C=O) groups is 1. The predicted octanol–water partition coefficient (Wildman–Crippen LogP) is -1.83. The molecule has 5 atom stereocenters. The highest BCUT2D eigenvalue weighted by atomic mass is 16.5. The van der Waals surface area contributed by atoms with Crippen LogP contribution in [0.1, 0.15) is 0 Å². The molecule has 8 nitrogen and oxygen atoms in total. The zero-order chi connectivity index (χ0) is 15.6. The largest absolute Gasteiger partial charge is 0.508 e. The SMILES string of the molecule is O=C(Nc1ccc(O)cc1)[C@H]1O[C@H](CO)[C@@H](O)[C@H](O)[C@H]1O. The number of ether oxygens (including phenoxy) is 1. The second-order valence-electron chi connectivity index (χ2n) is 4.79. The zero-order valence-electron chi connectivity index (χ0n) is 11.0. The van der Waals surface area contributed by atoms with Gasteiger partial charge in [-0.2, -0.15) is 0 Å². The number of aliphatic hydroxyl groups excluding tert-OH is 4. The number of hydrogen-bond acceptors (Lipinski definition) is 7. The first-order valence-corrected chi connectivity index (χ1v) is 6.34. The molecule has 1 aromatic rings.